The molecule has 0 unspecified atom stereocenters. The Hall–Kier alpha value is -2.90. The number of anilines is 1. The van der Waals surface area contributed by atoms with Gasteiger partial charge in [-0.15, -0.1) is 0 Å². The van der Waals surface area contributed by atoms with Crippen molar-refractivity contribution in [2.45, 2.75) is 39.8 Å². The molecule has 150 valence electrons. The lowest BCUT2D eigenvalue weighted by Gasteiger charge is -2.37. The van der Waals surface area contributed by atoms with Crippen molar-refractivity contribution in [2.75, 3.05) is 31.1 Å². The highest BCUT2D eigenvalue weighted by atomic mass is 16.2. The van der Waals surface area contributed by atoms with E-state index >= 15 is 0 Å². The van der Waals surface area contributed by atoms with Crippen LogP contribution in [0.15, 0.2) is 40.1 Å². The molecular formula is C20H27N5O3. The van der Waals surface area contributed by atoms with E-state index in [9.17, 15) is 14.4 Å². The third kappa shape index (κ3) is 3.72. The number of carbonyl (C=O) groups is 1. The standard InChI is InChI=1S/C20H27N5O3/c1-14(2)24-17(13-18(26)25(15(3)4)20(24)28)22-9-11-23(12-10-22)19(27)16-7-5-6-8-21-16/h5-8,13-15H,9-12H2,1-4H3. The maximum atomic E-state index is 12.9. The molecule has 0 aromatic carbocycles. The predicted molar refractivity (Wildman–Crippen MR) is 108 cm³/mol. The molecule has 1 amide bonds. The average Bonchev–Trinajstić information content (AvgIpc) is 2.67. The summed E-state index contributed by atoms with van der Waals surface area (Å²) in [6, 6.07) is 6.53. The van der Waals surface area contributed by atoms with Gasteiger partial charge in [-0.3, -0.25) is 23.7 Å². The maximum absolute atomic E-state index is 12.9. The van der Waals surface area contributed by atoms with Crippen LogP contribution in [0.25, 0.3) is 0 Å². The normalized spacial score (nSPS) is 14.8. The number of carbonyl (C=O) groups excluding carboxylic acids is 1. The summed E-state index contributed by atoms with van der Waals surface area (Å²) in [7, 11) is 0. The lowest BCUT2D eigenvalue weighted by atomic mass is 10.2. The Kier molecular flexibility index (Phi) is 5.67. The Labute approximate surface area is 164 Å². The zero-order valence-electron chi connectivity index (χ0n) is 16.8. The van der Waals surface area contributed by atoms with Gasteiger partial charge in [0.25, 0.3) is 11.5 Å². The molecule has 1 aliphatic rings. The molecule has 0 N–H and O–H groups in total. The van der Waals surface area contributed by atoms with Crippen LogP contribution in [0.2, 0.25) is 0 Å². The molecular weight excluding hydrogens is 358 g/mol. The van der Waals surface area contributed by atoms with Crippen molar-refractivity contribution in [3.05, 3.63) is 57.0 Å². The third-order valence-electron chi connectivity index (χ3n) is 4.96. The second-order valence-corrected chi connectivity index (χ2v) is 7.55. The molecule has 28 heavy (non-hydrogen) atoms. The highest BCUT2D eigenvalue weighted by molar-refractivity contribution is 5.92. The average molecular weight is 385 g/mol. The highest BCUT2D eigenvalue weighted by Crippen LogP contribution is 2.18. The largest absolute Gasteiger partial charge is 0.354 e. The first-order chi connectivity index (χ1) is 13.3. The van der Waals surface area contributed by atoms with Gasteiger partial charge in [0.15, 0.2) is 0 Å². The molecule has 0 radical (unpaired) electrons. The second-order valence-electron chi connectivity index (χ2n) is 7.55. The summed E-state index contributed by atoms with van der Waals surface area (Å²) in [6.45, 7) is 9.64. The zero-order valence-corrected chi connectivity index (χ0v) is 16.8. The number of pyridine rings is 1. The molecule has 0 saturated carbocycles. The van der Waals surface area contributed by atoms with Gasteiger partial charge < -0.3 is 9.80 Å². The van der Waals surface area contributed by atoms with Gasteiger partial charge in [0, 0.05) is 50.5 Å². The number of hydrogen-bond donors (Lipinski definition) is 0. The highest BCUT2D eigenvalue weighted by Gasteiger charge is 2.26. The van der Waals surface area contributed by atoms with Crippen LogP contribution in [0.3, 0.4) is 0 Å². The molecule has 1 saturated heterocycles. The second kappa shape index (κ2) is 8.00. The number of hydrogen-bond acceptors (Lipinski definition) is 5. The van der Waals surface area contributed by atoms with Crippen LogP contribution in [-0.4, -0.2) is 51.1 Å². The van der Waals surface area contributed by atoms with Gasteiger partial charge in [0.1, 0.15) is 11.5 Å². The smallest absolute Gasteiger partial charge is 0.333 e. The quantitative estimate of drug-likeness (QED) is 0.797. The van der Waals surface area contributed by atoms with Crippen LogP contribution < -0.4 is 16.1 Å². The van der Waals surface area contributed by atoms with E-state index in [1.54, 1.807) is 33.9 Å². The number of amides is 1. The van der Waals surface area contributed by atoms with Gasteiger partial charge in [0.2, 0.25) is 0 Å². The Morgan fingerprint density at radius 1 is 0.964 bits per heavy atom. The fourth-order valence-electron chi connectivity index (χ4n) is 3.55. The van der Waals surface area contributed by atoms with Gasteiger partial charge in [-0.25, -0.2) is 4.79 Å². The predicted octanol–water partition coefficient (Wildman–Crippen LogP) is 1.53. The van der Waals surface area contributed by atoms with E-state index in [0.29, 0.717) is 37.7 Å². The summed E-state index contributed by atoms with van der Waals surface area (Å²) >= 11 is 0. The minimum absolute atomic E-state index is 0.0821. The molecule has 0 spiro atoms. The molecule has 8 nitrogen and oxygen atoms in total. The van der Waals surface area contributed by atoms with Gasteiger partial charge in [-0.1, -0.05) is 6.07 Å². The maximum Gasteiger partial charge on any atom is 0.333 e. The van der Waals surface area contributed by atoms with Crippen molar-refractivity contribution in [1.82, 2.24) is 19.0 Å². The fourth-order valence-corrected chi connectivity index (χ4v) is 3.55. The van der Waals surface area contributed by atoms with E-state index in [1.165, 1.54) is 10.6 Å². The SMILES string of the molecule is CC(C)n1c(N2CCN(C(=O)c3ccccn3)CC2)cc(=O)n(C(C)C)c1=O. The van der Waals surface area contributed by atoms with Crippen molar-refractivity contribution in [1.29, 1.82) is 0 Å². The molecule has 1 fully saturated rings. The molecule has 3 heterocycles. The summed E-state index contributed by atoms with van der Waals surface area (Å²) in [5.41, 5.74) is -0.159. The van der Waals surface area contributed by atoms with Crippen LogP contribution in [0, 0.1) is 0 Å². The summed E-state index contributed by atoms with van der Waals surface area (Å²) in [5.74, 6) is 0.517. The minimum Gasteiger partial charge on any atom is -0.354 e. The minimum atomic E-state index is -0.293. The zero-order chi connectivity index (χ0) is 20.4. The summed E-state index contributed by atoms with van der Waals surface area (Å²) in [4.78, 5) is 45.9. The number of aromatic nitrogens is 3. The summed E-state index contributed by atoms with van der Waals surface area (Å²) in [6.07, 6.45) is 1.61. The topological polar surface area (TPSA) is 80.4 Å². The van der Waals surface area contributed by atoms with Crippen LogP contribution in [0.1, 0.15) is 50.3 Å². The molecule has 3 rings (SSSR count). The Balaban J connectivity index is 1.85. The van der Waals surface area contributed by atoms with Gasteiger partial charge in [-0.05, 0) is 39.8 Å². The number of piperazine rings is 1. The molecule has 8 heteroatoms. The van der Waals surface area contributed by atoms with E-state index < -0.39 is 0 Å². The van der Waals surface area contributed by atoms with Crippen LogP contribution >= 0.6 is 0 Å². The number of rotatable bonds is 4. The van der Waals surface area contributed by atoms with Gasteiger partial charge >= 0.3 is 5.69 Å². The molecule has 2 aromatic heterocycles. The summed E-state index contributed by atoms with van der Waals surface area (Å²) in [5, 5.41) is 0. The third-order valence-corrected chi connectivity index (χ3v) is 4.96. The lowest BCUT2D eigenvalue weighted by molar-refractivity contribution is 0.0740. The van der Waals surface area contributed by atoms with Crippen molar-refractivity contribution >= 4 is 11.7 Å². The van der Waals surface area contributed by atoms with E-state index in [-0.39, 0.29) is 29.2 Å². The van der Waals surface area contributed by atoms with E-state index in [4.69, 9.17) is 0 Å². The lowest BCUT2D eigenvalue weighted by Crippen LogP contribution is -2.51. The summed E-state index contributed by atoms with van der Waals surface area (Å²) < 4.78 is 2.95. The first kappa shape index (κ1) is 19.9. The van der Waals surface area contributed by atoms with E-state index in [0.717, 1.165) is 0 Å². The van der Waals surface area contributed by atoms with Gasteiger partial charge in [0.05, 0.1) is 0 Å². The van der Waals surface area contributed by atoms with Gasteiger partial charge in [-0.2, -0.15) is 0 Å². The first-order valence-electron chi connectivity index (χ1n) is 9.64. The molecule has 0 atom stereocenters. The van der Waals surface area contributed by atoms with Crippen LogP contribution in [0.4, 0.5) is 5.82 Å². The molecule has 1 aliphatic heterocycles. The van der Waals surface area contributed by atoms with E-state index in [2.05, 4.69) is 4.98 Å². The molecule has 2 aromatic rings. The van der Waals surface area contributed by atoms with E-state index in [1.807, 2.05) is 32.6 Å². The number of nitrogens with zero attached hydrogens (tertiary/aromatic N) is 5. The van der Waals surface area contributed by atoms with Crippen molar-refractivity contribution in [3.8, 4) is 0 Å². The van der Waals surface area contributed by atoms with Crippen LogP contribution in [-0.2, 0) is 0 Å². The monoisotopic (exact) mass is 385 g/mol. The first-order valence-corrected chi connectivity index (χ1v) is 9.64. The van der Waals surface area contributed by atoms with Crippen LogP contribution in [0.5, 0.6) is 0 Å². The van der Waals surface area contributed by atoms with Crippen molar-refractivity contribution in [2.24, 2.45) is 0 Å². The van der Waals surface area contributed by atoms with Crippen molar-refractivity contribution in [3.63, 3.8) is 0 Å². The Morgan fingerprint density at radius 2 is 1.61 bits per heavy atom. The Morgan fingerprint density at radius 3 is 2.14 bits per heavy atom. The molecule has 0 bridgehead atoms. The Bertz CT molecular complexity index is 954. The van der Waals surface area contributed by atoms with Crippen molar-refractivity contribution < 1.29 is 4.79 Å². The fraction of sp³-hybridized carbons (Fsp3) is 0.500. The molecule has 0 aliphatic carbocycles.